The van der Waals surface area contributed by atoms with E-state index in [1.165, 1.54) is 12.1 Å². The van der Waals surface area contributed by atoms with Crippen LogP contribution in [0, 0.1) is 17.2 Å². The molecule has 150 valence electrons. The SMILES string of the molecule is C[C@@H]1CCN(S(=O)(=O)c2ccc(C#N)cc2)C[C@H]1N(C)c1ccnc2[nH]ccc12. The van der Waals surface area contributed by atoms with Crippen molar-refractivity contribution in [2.45, 2.75) is 24.3 Å². The van der Waals surface area contributed by atoms with Gasteiger partial charge in [-0.2, -0.15) is 9.57 Å². The second-order valence-electron chi connectivity index (χ2n) is 7.51. The van der Waals surface area contributed by atoms with Gasteiger partial charge < -0.3 is 9.88 Å². The number of benzene rings is 1. The lowest BCUT2D eigenvalue weighted by molar-refractivity contribution is 0.248. The van der Waals surface area contributed by atoms with E-state index in [0.717, 1.165) is 23.1 Å². The number of pyridine rings is 1. The summed E-state index contributed by atoms with van der Waals surface area (Å²) in [7, 11) is -1.60. The van der Waals surface area contributed by atoms with E-state index >= 15 is 0 Å². The maximum atomic E-state index is 13.2. The molecule has 0 saturated carbocycles. The summed E-state index contributed by atoms with van der Waals surface area (Å²) in [4.78, 5) is 9.87. The highest BCUT2D eigenvalue weighted by Gasteiger charge is 2.36. The first-order chi connectivity index (χ1) is 13.9. The second kappa shape index (κ2) is 7.50. The third kappa shape index (κ3) is 3.48. The van der Waals surface area contributed by atoms with Crippen LogP contribution in [0.15, 0.2) is 53.7 Å². The Bertz CT molecular complexity index is 1160. The molecule has 0 unspecified atom stereocenters. The van der Waals surface area contributed by atoms with E-state index in [9.17, 15) is 8.42 Å². The van der Waals surface area contributed by atoms with Crippen molar-refractivity contribution in [3.8, 4) is 6.07 Å². The summed E-state index contributed by atoms with van der Waals surface area (Å²) < 4.78 is 27.9. The molecule has 29 heavy (non-hydrogen) atoms. The van der Waals surface area contributed by atoms with Crippen molar-refractivity contribution < 1.29 is 8.42 Å². The molecule has 1 N–H and O–H groups in total. The van der Waals surface area contributed by atoms with Crippen LogP contribution in [0.1, 0.15) is 18.9 Å². The molecule has 2 aromatic heterocycles. The predicted molar refractivity (Wildman–Crippen MR) is 112 cm³/mol. The van der Waals surface area contributed by atoms with Gasteiger partial charge in [-0.25, -0.2) is 13.4 Å². The van der Waals surface area contributed by atoms with Crippen LogP contribution in [0.25, 0.3) is 11.0 Å². The largest absolute Gasteiger partial charge is 0.369 e. The Hall–Kier alpha value is -2.89. The second-order valence-corrected chi connectivity index (χ2v) is 9.45. The van der Waals surface area contributed by atoms with E-state index in [0.29, 0.717) is 24.6 Å². The standard InChI is InChI=1S/C21H23N5O2S/c1-15-9-12-26(29(27,28)17-5-3-16(13-22)4-6-17)14-20(15)25(2)19-8-11-24-21-18(19)7-10-23-21/h3-8,10-11,15,20H,9,12,14H2,1-2H3,(H,23,24)/t15-,20-/m1/s1. The summed E-state index contributed by atoms with van der Waals surface area (Å²) in [5.74, 6) is 0.342. The van der Waals surface area contributed by atoms with Crippen LogP contribution in [0.5, 0.6) is 0 Å². The Morgan fingerprint density at radius 1 is 1.24 bits per heavy atom. The average molecular weight is 410 g/mol. The van der Waals surface area contributed by atoms with Crippen LogP contribution in [0.2, 0.25) is 0 Å². The summed E-state index contributed by atoms with van der Waals surface area (Å²) >= 11 is 0. The lowest BCUT2D eigenvalue weighted by Crippen LogP contribution is -2.52. The van der Waals surface area contributed by atoms with Gasteiger partial charge in [-0.3, -0.25) is 0 Å². The number of hydrogen-bond acceptors (Lipinski definition) is 5. The number of aromatic amines is 1. The van der Waals surface area contributed by atoms with Crippen LogP contribution in [0.3, 0.4) is 0 Å². The smallest absolute Gasteiger partial charge is 0.243 e. The fourth-order valence-corrected chi connectivity index (χ4v) is 5.50. The molecule has 0 spiro atoms. The molecule has 0 bridgehead atoms. The molecule has 7 nitrogen and oxygen atoms in total. The quantitative estimate of drug-likeness (QED) is 0.715. The van der Waals surface area contributed by atoms with Gasteiger partial charge in [0.25, 0.3) is 0 Å². The number of anilines is 1. The number of piperidine rings is 1. The lowest BCUT2D eigenvalue weighted by atomic mass is 9.93. The van der Waals surface area contributed by atoms with Crippen molar-refractivity contribution in [1.82, 2.24) is 14.3 Å². The highest BCUT2D eigenvalue weighted by molar-refractivity contribution is 7.89. The Balaban J connectivity index is 1.62. The van der Waals surface area contributed by atoms with Gasteiger partial charge in [-0.15, -0.1) is 0 Å². The van der Waals surface area contributed by atoms with Gasteiger partial charge in [0.05, 0.1) is 16.5 Å². The fraction of sp³-hybridized carbons (Fsp3) is 0.333. The van der Waals surface area contributed by atoms with Gasteiger partial charge in [0.2, 0.25) is 10.0 Å². The number of H-pyrrole nitrogens is 1. The normalized spacial score (nSPS) is 20.4. The van der Waals surface area contributed by atoms with Crippen LogP contribution in [-0.2, 0) is 10.0 Å². The van der Waals surface area contributed by atoms with Gasteiger partial charge in [-0.1, -0.05) is 6.92 Å². The predicted octanol–water partition coefficient (Wildman–Crippen LogP) is 2.97. The summed E-state index contributed by atoms with van der Waals surface area (Å²) in [5, 5.41) is 9.97. The molecule has 0 amide bonds. The molecule has 1 saturated heterocycles. The molecule has 8 heteroatoms. The molecular weight excluding hydrogens is 386 g/mol. The topological polar surface area (TPSA) is 93.1 Å². The molecule has 1 aromatic carbocycles. The molecule has 0 radical (unpaired) electrons. The molecule has 3 aromatic rings. The average Bonchev–Trinajstić information content (AvgIpc) is 3.22. The van der Waals surface area contributed by atoms with Crippen LogP contribution in [-0.4, -0.2) is 48.9 Å². The Morgan fingerprint density at radius 3 is 2.72 bits per heavy atom. The first-order valence-electron chi connectivity index (χ1n) is 9.57. The number of fused-ring (bicyclic) bond motifs is 1. The number of hydrogen-bond donors (Lipinski definition) is 1. The number of nitrogens with one attached hydrogen (secondary N) is 1. The summed E-state index contributed by atoms with van der Waals surface area (Å²) in [5.41, 5.74) is 2.30. The van der Waals surface area contributed by atoms with Crippen LogP contribution < -0.4 is 4.90 Å². The highest BCUT2D eigenvalue weighted by atomic mass is 32.2. The minimum absolute atomic E-state index is 0.0393. The number of nitrogens with zero attached hydrogens (tertiary/aromatic N) is 4. The van der Waals surface area contributed by atoms with Crippen LogP contribution >= 0.6 is 0 Å². The molecule has 1 fully saturated rings. The van der Waals surface area contributed by atoms with Gasteiger partial charge >= 0.3 is 0 Å². The van der Waals surface area contributed by atoms with Crippen molar-refractivity contribution in [2.24, 2.45) is 5.92 Å². The minimum atomic E-state index is -3.61. The maximum Gasteiger partial charge on any atom is 0.243 e. The number of nitriles is 1. The van der Waals surface area contributed by atoms with Crippen molar-refractivity contribution >= 4 is 26.7 Å². The number of likely N-dealkylation sites (N-methyl/N-ethyl adjacent to an activating group) is 1. The van der Waals surface area contributed by atoms with Gasteiger partial charge in [0.1, 0.15) is 5.65 Å². The third-order valence-electron chi connectivity index (χ3n) is 5.82. The Kier molecular flexibility index (Phi) is 5.03. The Labute approximate surface area is 170 Å². The first-order valence-corrected chi connectivity index (χ1v) is 11.0. The third-order valence-corrected chi connectivity index (χ3v) is 7.70. The van der Waals surface area contributed by atoms with Gasteiger partial charge in [0.15, 0.2) is 0 Å². The Morgan fingerprint density at radius 2 is 2.00 bits per heavy atom. The zero-order chi connectivity index (χ0) is 20.6. The number of aromatic nitrogens is 2. The zero-order valence-electron chi connectivity index (χ0n) is 16.4. The van der Waals surface area contributed by atoms with E-state index < -0.39 is 10.0 Å². The highest BCUT2D eigenvalue weighted by Crippen LogP contribution is 2.32. The van der Waals surface area contributed by atoms with E-state index in [4.69, 9.17) is 5.26 Å². The lowest BCUT2D eigenvalue weighted by Gasteiger charge is -2.42. The maximum absolute atomic E-state index is 13.2. The van der Waals surface area contributed by atoms with Crippen molar-refractivity contribution in [2.75, 3.05) is 25.0 Å². The van der Waals surface area contributed by atoms with E-state index in [1.807, 2.05) is 31.4 Å². The number of sulfonamides is 1. The molecule has 2 atom stereocenters. The molecule has 3 heterocycles. The van der Waals surface area contributed by atoms with E-state index in [1.54, 1.807) is 22.6 Å². The molecule has 0 aliphatic carbocycles. The monoisotopic (exact) mass is 409 g/mol. The van der Waals surface area contributed by atoms with Crippen molar-refractivity contribution in [1.29, 1.82) is 5.26 Å². The molecule has 4 rings (SSSR count). The van der Waals surface area contributed by atoms with E-state index in [-0.39, 0.29) is 10.9 Å². The van der Waals surface area contributed by atoms with Crippen molar-refractivity contribution in [3.63, 3.8) is 0 Å². The van der Waals surface area contributed by atoms with Gasteiger partial charge in [0, 0.05) is 49.6 Å². The molecule has 1 aliphatic rings. The molecule has 1 aliphatic heterocycles. The van der Waals surface area contributed by atoms with Crippen molar-refractivity contribution in [3.05, 3.63) is 54.4 Å². The minimum Gasteiger partial charge on any atom is -0.369 e. The summed E-state index contributed by atoms with van der Waals surface area (Å²) in [6.45, 7) is 3.07. The summed E-state index contributed by atoms with van der Waals surface area (Å²) in [6.07, 6.45) is 4.41. The van der Waals surface area contributed by atoms with Crippen LogP contribution in [0.4, 0.5) is 5.69 Å². The zero-order valence-corrected chi connectivity index (χ0v) is 17.2. The van der Waals surface area contributed by atoms with Gasteiger partial charge in [-0.05, 0) is 48.7 Å². The first kappa shape index (κ1) is 19.4. The molecular formula is C21H23N5O2S. The fourth-order valence-electron chi connectivity index (χ4n) is 4.03. The number of rotatable bonds is 4. The van der Waals surface area contributed by atoms with E-state index in [2.05, 4.69) is 21.8 Å². The summed E-state index contributed by atoms with van der Waals surface area (Å²) in [6, 6.07) is 12.1.